The van der Waals surface area contributed by atoms with Gasteiger partial charge in [0, 0.05) is 6.54 Å². The average Bonchev–Trinajstić information content (AvgIpc) is 2.35. The molecular weight excluding hydrogens is 226 g/mol. The largest absolute Gasteiger partial charge is 0.478 e. The van der Waals surface area contributed by atoms with Crippen LogP contribution in [0.3, 0.4) is 0 Å². The number of aromatic carboxylic acids is 1. The van der Waals surface area contributed by atoms with Crippen molar-refractivity contribution < 1.29 is 9.90 Å². The minimum absolute atomic E-state index is 0.368. The normalized spacial score (nSPS) is 10.9. The van der Waals surface area contributed by atoms with E-state index in [2.05, 4.69) is 18.7 Å². The van der Waals surface area contributed by atoms with Crippen LogP contribution in [0, 0.1) is 6.92 Å². The molecule has 0 aliphatic carbocycles. The molecule has 0 spiro atoms. The van der Waals surface area contributed by atoms with Crippen molar-refractivity contribution in [3.05, 3.63) is 34.9 Å². The molecule has 1 rings (SSSR count). The second-order valence-electron chi connectivity index (χ2n) is 4.67. The first kappa shape index (κ1) is 14.7. The Hall–Kier alpha value is -1.35. The van der Waals surface area contributed by atoms with Gasteiger partial charge in [-0.1, -0.05) is 26.3 Å². The summed E-state index contributed by atoms with van der Waals surface area (Å²) in [6.07, 6.45) is 2.41. The van der Waals surface area contributed by atoms with Crippen molar-refractivity contribution in [2.45, 2.75) is 40.2 Å². The molecule has 18 heavy (non-hydrogen) atoms. The molecular formula is C15H23NO2. The number of benzene rings is 1. The number of nitrogens with zero attached hydrogens (tertiary/aromatic N) is 1. The Kier molecular flexibility index (Phi) is 5.86. The Bertz CT molecular complexity index is 401. The van der Waals surface area contributed by atoms with E-state index in [-0.39, 0.29) is 0 Å². The fourth-order valence-electron chi connectivity index (χ4n) is 1.98. The standard InChI is InChI=1S/C15H23NO2/c1-4-6-9-16(5-2)11-14-8-7-13(15(17)18)10-12(14)3/h7-8,10H,4-6,9,11H2,1-3H3,(H,17,18). The molecule has 0 saturated carbocycles. The Labute approximate surface area is 109 Å². The van der Waals surface area contributed by atoms with Crippen LogP contribution in [0.1, 0.15) is 48.2 Å². The Morgan fingerprint density at radius 2 is 2.06 bits per heavy atom. The van der Waals surface area contributed by atoms with E-state index in [0.717, 1.165) is 25.2 Å². The minimum atomic E-state index is -0.858. The number of rotatable bonds is 7. The van der Waals surface area contributed by atoms with Crippen molar-refractivity contribution in [3.63, 3.8) is 0 Å². The van der Waals surface area contributed by atoms with Crippen molar-refractivity contribution >= 4 is 5.97 Å². The van der Waals surface area contributed by atoms with Gasteiger partial charge in [0.1, 0.15) is 0 Å². The summed E-state index contributed by atoms with van der Waals surface area (Å²) in [5.74, 6) is -0.858. The molecule has 1 aromatic rings. The summed E-state index contributed by atoms with van der Waals surface area (Å²) in [5.41, 5.74) is 2.65. The summed E-state index contributed by atoms with van der Waals surface area (Å²) in [5, 5.41) is 8.93. The molecule has 100 valence electrons. The van der Waals surface area contributed by atoms with Gasteiger partial charge in [-0.15, -0.1) is 0 Å². The molecule has 0 atom stereocenters. The summed E-state index contributed by atoms with van der Waals surface area (Å²) >= 11 is 0. The van der Waals surface area contributed by atoms with Gasteiger partial charge < -0.3 is 5.11 Å². The van der Waals surface area contributed by atoms with Gasteiger partial charge in [0.25, 0.3) is 0 Å². The number of hydrogen-bond acceptors (Lipinski definition) is 2. The van der Waals surface area contributed by atoms with Gasteiger partial charge >= 0.3 is 5.97 Å². The van der Waals surface area contributed by atoms with Crippen LogP contribution in [0.25, 0.3) is 0 Å². The van der Waals surface area contributed by atoms with Gasteiger partial charge in [0.15, 0.2) is 0 Å². The molecule has 0 heterocycles. The van der Waals surface area contributed by atoms with Crippen molar-refractivity contribution in [2.75, 3.05) is 13.1 Å². The van der Waals surface area contributed by atoms with E-state index in [1.807, 2.05) is 13.0 Å². The van der Waals surface area contributed by atoms with Crippen LogP contribution in [0.15, 0.2) is 18.2 Å². The lowest BCUT2D eigenvalue weighted by Gasteiger charge is -2.21. The summed E-state index contributed by atoms with van der Waals surface area (Å²) < 4.78 is 0. The van der Waals surface area contributed by atoms with Crippen molar-refractivity contribution in [3.8, 4) is 0 Å². The third-order valence-corrected chi connectivity index (χ3v) is 3.26. The van der Waals surface area contributed by atoms with E-state index in [1.54, 1.807) is 12.1 Å². The lowest BCUT2D eigenvalue weighted by molar-refractivity contribution is 0.0696. The third kappa shape index (κ3) is 4.15. The predicted octanol–water partition coefficient (Wildman–Crippen LogP) is 3.32. The van der Waals surface area contributed by atoms with Crippen molar-refractivity contribution in [2.24, 2.45) is 0 Å². The van der Waals surface area contributed by atoms with Crippen LogP contribution in [-0.4, -0.2) is 29.1 Å². The monoisotopic (exact) mass is 249 g/mol. The van der Waals surface area contributed by atoms with Crippen LogP contribution >= 0.6 is 0 Å². The third-order valence-electron chi connectivity index (χ3n) is 3.26. The van der Waals surface area contributed by atoms with E-state index in [4.69, 9.17) is 5.11 Å². The zero-order valence-corrected chi connectivity index (χ0v) is 11.6. The zero-order chi connectivity index (χ0) is 13.5. The SMILES string of the molecule is CCCCN(CC)Cc1ccc(C(=O)O)cc1C. The molecule has 3 nitrogen and oxygen atoms in total. The topological polar surface area (TPSA) is 40.5 Å². The first-order valence-corrected chi connectivity index (χ1v) is 6.63. The molecule has 0 unspecified atom stereocenters. The van der Waals surface area contributed by atoms with Gasteiger partial charge in [-0.05, 0) is 49.7 Å². The summed E-state index contributed by atoms with van der Waals surface area (Å²) in [7, 11) is 0. The number of hydrogen-bond donors (Lipinski definition) is 1. The number of unbranched alkanes of at least 4 members (excludes halogenated alkanes) is 1. The highest BCUT2D eigenvalue weighted by molar-refractivity contribution is 5.87. The first-order valence-electron chi connectivity index (χ1n) is 6.63. The van der Waals surface area contributed by atoms with E-state index in [9.17, 15) is 4.79 Å². The minimum Gasteiger partial charge on any atom is -0.478 e. The molecule has 0 aliphatic heterocycles. The maximum Gasteiger partial charge on any atom is 0.335 e. The van der Waals surface area contributed by atoms with Crippen molar-refractivity contribution in [1.29, 1.82) is 0 Å². The second-order valence-corrected chi connectivity index (χ2v) is 4.67. The van der Waals surface area contributed by atoms with Gasteiger partial charge in [-0.25, -0.2) is 4.79 Å². The Morgan fingerprint density at radius 3 is 2.56 bits per heavy atom. The number of carboxylic acid groups (broad SMARTS) is 1. The van der Waals surface area contributed by atoms with E-state index < -0.39 is 5.97 Å². The molecule has 0 amide bonds. The lowest BCUT2D eigenvalue weighted by atomic mass is 10.0. The molecule has 0 saturated heterocycles. The van der Waals surface area contributed by atoms with Crippen LogP contribution in [0.4, 0.5) is 0 Å². The maximum absolute atomic E-state index is 10.9. The van der Waals surface area contributed by atoms with Crippen LogP contribution in [0.5, 0.6) is 0 Å². The number of aryl methyl sites for hydroxylation is 1. The van der Waals surface area contributed by atoms with Crippen LogP contribution in [-0.2, 0) is 6.54 Å². The highest BCUT2D eigenvalue weighted by atomic mass is 16.4. The predicted molar refractivity (Wildman–Crippen MR) is 74.0 cm³/mol. The molecule has 0 fully saturated rings. The summed E-state index contributed by atoms with van der Waals surface area (Å²) in [4.78, 5) is 13.3. The number of carbonyl (C=O) groups is 1. The maximum atomic E-state index is 10.9. The molecule has 3 heteroatoms. The quantitative estimate of drug-likeness (QED) is 0.806. The Balaban J connectivity index is 2.74. The molecule has 0 bridgehead atoms. The zero-order valence-electron chi connectivity index (χ0n) is 11.6. The fraction of sp³-hybridized carbons (Fsp3) is 0.533. The average molecular weight is 249 g/mol. The first-order chi connectivity index (χ1) is 8.58. The molecule has 0 radical (unpaired) electrons. The van der Waals surface area contributed by atoms with Crippen LogP contribution < -0.4 is 0 Å². The summed E-state index contributed by atoms with van der Waals surface area (Å²) in [6, 6.07) is 5.39. The summed E-state index contributed by atoms with van der Waals surface area (Å²) in [6.45, 7) is 9.38. The smallest absolute Gasteiger partial charge is 0.335 e. The lowest BCUT2D eigenvalue weighted by Crippen LogP contribution is -2.24. The molecule has 0 aliphatic rings. The Morgan fingerprint density at radius 1 is 1.33 bits per heavy atom. The van der Waals surface area contributed by atoms with Crippen molar-refractivity contribution in [1.82, 2.24) is 4.90 Å². The second kappa shape index (κ2) is 7.17. The van der Waals surface area contributed by atoms with Gasteiger partial charge in [0.05, 0.1) is 5.56 Å². The van der Waals surface area contributed by atoms with E-state index in [1.165, 1.54) is 18.4 Å². The molecule has 1 N–H and O–H groups in total. The van der Waals surface area contributed by atoms with Gasteiger partial charge in [0.2, 0.25) is 0 Å². The molecule has 1 aromatic carbocycles. The molecule has 0 aromatic heterocycles. The van der Waals surface area contributed by atoms with Crippen LogP contribution in [0.2, 0.25) is 0 Å². The highest BCUT2D eigenvalue weighted by Gasteiger charge is 2.08. The van der Waals surface area contributed by atoms with Gasteiger partial charge in [-0.2, -0.15) is 0 Å². The van der Waals surface area contributed by atoms with E-state index >= 15 is 0 Å². The van der Waals surface area contributed by atoms with E-state index in [0.29, 0.717) is 5.56 Å². The fourth-order valence-corrected chi connectivity index (χ4v) is 1.98. The van der Waals surface area contributed by atoms with Gasteiger partial charge in [-0.3, -0.25) is 4.90 Å². The number of carboxylic acids is 1. The highest BCUT2D eigenvalue weighted by Crippen LogP contribution is 2.14.